The Balaban J connectivity index is 1.86. The topological polar surface area (TPSA) is 34.4 Å². The fourth-order valence-electron chi connectivity index (χ4n) is 2.07. The van der Waals surface area contributed by atoms with Gasteiger partial charge in [-0.15, -0.1) is 0 Å². The molecule has 0 aliphatic carbocycles. The van der Waals surface area contributed by atoms with Crippen molar-refractivity contribution in [1.29, 1.82) is 0 Å². The molecule has 1 aromatic carbocycles. The second-order valence-corrected chi connectivity index (χ2v) is 4.91. The van der Waals surface area contributed by atoms with Crippen LogP contribution in [0, 0.1) is 0 Å². The summed E-state index contributed by atoms with van der Waals surface area (Å²) < 4.78 is 11.4. The molecule has 1 N–H and O–H groups in total. The molecule has 0 bridgehead atoms. The Kier molecular flexibility index (Phi) is 5.84. The van der Waals surface area contributed by atoms with E-state index in [-0.39, 0.29) is 6.10 Å². The Morgan fingerprint density at radius 1 is 1.20 bits per heavy atom. The van der Waals surface area contributed by atoms with Gasteiger partial charge in [0.1, 0.15) is 12.4 Å². The molecule has 0 aliphatic rings. The van der Waals surface area contributed by atoms with Crippen LogP contribution in [0.25, 0.3) is 0 Å². The van der Waals surface area contributed by atoms with E-state index in [2.05, 4.69) is 31.3 Å². The second kappa shape index (κ2) is 7.88. The lowest BCUT2D eigenvalue weighted by Crippen LogP contribution is -2.14. The summed E-state index contributed by atoms with van der Waals surface area (Å²) in [5.74, 6) is 0.913. The van der Waals surface area contributed by atoms with Gasteiger partial charge in [-0.1, -0.05) is 37.3 Å². The van der Waals surface area contributed by atoms with E-state index >= 15 is 0 Å². The van der Waals surface area contributed by atoms with E-state index in [4.69, 9.17) is 9.15 Å². The van der Waals surface area contributed by atoms with Gasteiger partial charge in [0.2, 0.25) is 0 Å². The molecular formula is C17H23NO2. The highest BCUT2D eigenvalue weighted by atomic mass is 16.5. The standard InChI is InChI=1S/C17H23NO2/c1-3-10-18-12-16-9-11-19-17(16)13-20-14(2)15-7-5-4-6-8-15/h4-9,11,14,18H,3,10,12-13H2,1-2H3. The van der Waals surface area contributed by atoms with Crippen molar-refractivity contribution in [3.8, 4) is 0 Å². The number of ether oxygens (including phenoxy) is 1. The molecule has 0 aliphatic heterocycles. The van der Waals surface area contributed by atoms with Gasteiger partial charge in [0, 0.05) is 12.1 Å². The molecule has 2 aromatic rings. The highest BCUT2D eigenvalue weighted by Crippen LogP contribution is 2.20. The Morgan fingerprint density at radius 2 is 2.00 bits per heavy atom. The van der Waals surface area contributed by atoms with Crippen molar-refractivity contribution in [3.05, 3.63) is 59.5 Å². The van der Waals surface area contributed by atoms with Gasteiger partial charge < -0.3 is 14.5 Å². The van der Waals surface area contributed by atoms with Gasteiger partial charge >= 0.3 is 0 Å². The van der Waals surface area contributed by atoms with Gasteiger partial charge in [0.25, 0.3) is 0 Å². The van der Waals surface area contributed by atoms with Crippen LogP contribution in [0.15, 0.2) is 47.1 Å². The molecule has 0 saturated heterocycles. The largest absolute Gasteiger partial charge is 0.467 e. The van der Waals surface area contributed by atoms with Crippen molar-refractivity contribution in [2.75, 3.05) is 6.54 Å². The quantitative estimate of drug-likeness (QED) is 0.737. The van der Waals surface area contributed by atoms with Gasteiger partial charge in [0.15, 0.2) is 0 Å². The Bertz CT molecular complexity index is 493. The van der Waals surface area contributed by atoms with E-state index < -0.39 is 0 Å². The highest BCUT2D eigenvalue weighted by Gasteiger charge is 2.10. The average molecular weight is 273 g/mol. The van der Waals surface area contributed by atoms with Gasteiger partial charge in [0.05, 0.1) is 12.4 Å². The van der Waals surface area contributed by atoms with E-state index in [0.717, 1.165) is 25.3 Å². The van der Waals surface area contributed by atoms with Gasteiger partial charge in [-0.3, -0.25) is 0 Å². The maximum Gasteiger partial charge on any atom is 0.133 e. The van der Waals surface area contributed by atoms with Crippen LogP contribution in [0.5, 0.6) is 0 Å². The molecule has 2 rings (SSSR count). The fraction of sp³-hybridized carbons (Fsp3) is 0.412. The SMILES string of the molecule is CCCNCc1ccoc1COC(C)c1ccccc1. The molecular weight excluding hydrogens is 250 g/mol. The summed E-state index contributed by atoms with van der Waals surface area (Å²) in [6.07, 6.45) is 2.93. The van der Waals surface area contributed by atoms with E-state index in [1.807, 2.05) is 24.3 Å². The van der Waals surface area contributed by atoms with Crippen LogP contribution in [0.2, 0.25) is 0 Å². The van der Waals surface area contributed by atoms with Gasteiger partial charge in [-0.25, -0.2) is 0 Å². The fourth-order valence-corrected chi connectivity index (χ4v) is 2.07. The molecule has 3 heteroatoms. The maximum absolute atomic E-state index is 5.90. The van der Waals surface area contributed by atoms with Crippen molar-refractivity contribution in [1.82, 2.24) is 5.32 Å². The first-order chi connectivity index (χ1) is 9.81. The number of nitrogens with one attached hydrogen (secondary N) is 1. The smallest absolute Gasteiger partial charge is 0.133 e. The molecule has 0 fully saturated rings. The van der Waals surface area contributed by atoms with E-state index in [1.165, 1.54) is 11.1 Å². The van der Waals surface area contributed by atoms with E-state index in [1.54, 1.807) is 6.26 Å². The molecule has 1 atom stereocenters. The summed E-state index contributed by atoms with van der Waals surface area (Å²) in [7, 11) is 0. The van der Waals surface area contributed by atoms with Crippen molar-refractivity contribution in [2.24, 2.45) is 0 Å². The number of benzene rings is 1. The minimum absolute atomic E-state index is 0.0674. The first-order valence-corrected chi connectivity index (χ1v) is 7.23. The van der Waals surface area contributed by atoms with E-state index in [9.17, 15) is 0 Å². The molecule has 20 heavy (non-hydrogen) atoms. The third-order valence-corrected chi connectivity index (χ3v) is 3.31. The van der Waals surface area contributed by atoms with Crippen LogP contribution >= 0.6 is 0 Å². The van der Waals surface area contributed by atoms with Crippen LogP contribution in [0.3, 0.4) is 0 Å². The lowest BCUT2D eigenvalue weighted by molar-refractivity contribution is 0.0414. The Labute approximate surface area is 121 Å². The predicted octanol–water partition coefficient (Wildman–Crippen LogP) is 4.06. The zero-order chi connectivity index (χ0) is 14.2. The van der Waals surface area contributed by atoms with Crippen LogP contribution in [-0.4, -0.2) is 6.54 Å². The molecule has 1 aromatic heterocycles. The Morgan fingerprint density at radius 3 is 2.75 bits per heavy atom. The number of rotatable bonds is 8. The third-order valence-electron chi connectivity index (χ3n) is 3.31. The van der Waals surface area contributed by atoms with Gasteiger partial charge in [-0.05, 0) is 31.5 Å². The summed E-state index contributed by atoms with van der Waals surface area (Å²) in [5, 5.41) is 3.38. The van der Waals surface area contributed by atoms with Gasteiger partial charge in [-0.2, -0.15) is 0 Å². The monoisotopic (exact) mass is 273 g/mol. The summed E-state index contributed by atoms with van der Waals surface area (Å²) in [5.41, 5.74) is 2.36. The minimum Gasteiger partial charge on any atom is -0.467 e. The minimum atomic E-state index is 0.0674. The predicted molar refractivity (Wildman–Crippen MR) is 80.4 cm³/mol. The molecule has 0 amide bonds. The average Bonchev–Trinajstić information content (AvgIpc) is 2.93. The van der Waals surface area contributed by atoms with Crippen LogP contribution in [0.1, 0.15) is 43.3 Å². The number of hydrogen-bond acceptors (Lipinski definition) is 3. The summed E-state index contributed by atoms with van der Waals surface area (Å²) in [6.45, 7) is 6.59. The van der Waals surface area contributed by atoms with E-state index in [0.29, 0.717) is 6.61 Å². The second-order valence-electron chi connectivity index (χ2n) is 4.91. The maximum atomic E-state index is 5.90. The lowest BCUT2D eigenvalue weighted by atomic mass is 10.1. The summed E-state index contributed by atoms with van der Waals surface area (Å²) in [6, 6.07) is 12.2. The normalized spacial score (nSPS) is 12.5. The summed E-state index contributed by atoms with van der Waals surface area (Å²) >= 11 is 0. The zero-order valence-electron chi connectivity index (χ0n) is 12.3. The third kappa shape index (κ3) is 4.22. The van der Waals surface area contributed by atoms with Crippen molar-refractivity contribution in [3.63, 3.8) is 0 Å². The molecule has 108 valence electrons. The van der Waals surface area contributed by atoms with Crippen LogP contribution in [-0.2, 0) is 17.9 Å². The molecule has 0 saturated carbocycles. The molecule has 1 unspecified atom stereocenters. The van der Waals surface area contributed by atoms with Crippen LogP contribution < -0.4 is 5.32 Å². The van der Waals surface area contributed by atoms with Crippen LogP contribution in [0.4, 0.5) is 0 Å². The highest BCUT2D eigenvalue weighted by molar-refractivity contribution is 5.18. The number of hydrogen-bond donors (Lipinski definition) is 1. The Hall–Kier alpha value is -1.58. The van der Waals surface area contributed by atoms with Crippen molar-refractivity contribution in [2.45, 2.75) is 39.5 Å². The molecule has 3 nitrogen and oxygen atoms in total. The molecule has 0 spiro atoms. The molecule has 1 heterocycles. The number of furan rings is 1. The van der Waals surface area contributed by atoms with Crippen molar-refractivity contribution < 1.29 is 9.15 Å². The first-order valence-electron chi connectivity index (χ1n) is 7.23. The van der Waals surface area contributed by atoms with Crippen molar-refractivity contribution >= 4 is 0 Å². The molecule has 0 radical (unpaired) electrons. The zero-order valence-corrected chi connectivity index (χ0v) is 12.3. The first kappa shape index (κ1) is 14.8. The lowest BCUT2D eigenvalue weighted by Gasteiger charge is -2.13. The summed E-state index contributed by atoms with van der Waals surface area (Å²) in [4.78, 5) is 0.